The van der Waals surface area contributed by atoms with Gasteiger partial charge in [0.25, 0.3) is 0 Å². The predicted octanol–water partition coefficient (Wildman–Crippen LogP) is 20.5. The largest absolute Gasteiger partial charge is 0.481 e. The SMILES string of the molecule is C=CC(=O)Cl.C=CC(=O)NCc1ccc(C(C)C(=O)Nc2cc(C3CC3)[nH]n2)cc1.CC(C(=O)Nc1cc(C2CC2)[nH]n1)c1ccc(CN)cc1.CC(C)(C)OC(=O)n1nc(N)cc1C1CC1.CCc1ccc(C(C)C(=O)Nc2cc(C3CC3)n(C(=O)OC(C)(C)C)n2)cc1.[C-]#[N+]c1ccc(C(C)C(=O)Nc2cc(C3CC3)n(C(=O)OC(C)(C)C)n2)cc1.[C-]#[N+]c1ccc(C(C)C(=O)O)cc1. The molecule has 10 aromatic rings. The van der Waals surface area contributed by atoms with Crippen LogP contribution in [0.5, 0.6) is 0 Å². The molecule has 5 aliphatic rings. The first kappa shape index (κ1) is 105. The maximum Gasteiger partial charge on any atom is 0.435 e. The fourth-order valence-electron chi connectivity index (χ4n) is 13.2. The van der Waals surface area contributed by atoms with Gasteiger partial charge < -0.3 is 57.4 Å². The molecule has 718 valence electrons. The Labute approximate surface area is 798 Å². The number of anilines is 5. The zero-order valence-corrected chi connectivity index (χ0v) is 80.5. The molecule has 0 saturated heterocycles. The first-order valence-corrected chi connectivity index (χ1v) is 45.7. The summed E-state index contributed by atoms with van der Waals surface area (Å²) in [6.07, 6.45) is 12.7. The molecule has 5 aliphatic carbocycles. The number of amides is 5. The minimum absolute atomic E-state index is 0.0515. The molecule has 5 aromatic carbocycles. The number of halogens is 1. The van der Waals surface area contributed by atoms with Gasteiger partial charge in [0.1, 0.15) is 22.6 Å². The number of nitrogens with one attached hydrogen (secondary N) is 7. The van der Waals surface area contributed by atoms with Crippen molar-refractivity contribution in [3.63, 3.8) is 0 Å². The van der Waals surface area contributed by atoms with Gasteiger partial charge in [0.15, 0.2) is 34.6 Å². The van der Waals surface area contributed by atoms with Crippen LogP contribution in [-0.2, 0) is 67.3 Å². The number of carboxylic acid groups (broad SMARTS) is 1. The van der Waals surface area contributed by atoms with Crippen LogP contribution in [-0.4, -0.2) is 131 Å². The number of aryl methyl sites for hydroxylation is 1. The number of carboxylic acids is 1. The van der Waals surface area contributed by atoms with Crippen LogP contribution >= 0.6 is 11.6 Å². The van der Waals surface area contributed by atoms with Crippen LogP contribution in [0.1, 0.15) is 300 Å². The summed E-state index contributed by atoms with van der Waals surface area (Å²) in [6, 6.07) is 46.1. The zero-order chi connectivity index (χ0) is 99.6. The molecule has 34 heteroatoms. The average molecular weight is 1880 g/mol. The highest BCUT2D eigenvalue weighted by Crippen LogP contribution is 2.45. The Balaban J connectivity index is 0.000000184. The van der Waals surface area contributed by atoms with Crippen LogP contribution in [0.3, 0.4) is 0 Å². The standard InChI is InChI=1S/C22H29N3O3.C21H24N4O3.C19H22N4O2.C16H20N4O.C11H17N3O2.C10H9NO2.C3H3ClO/c1-6-15-7-9-16(10-8-15)14(2)20(26)23-19-13-18(17-11-12-17)25(24-19)21(27)28-22(3,4)5;1-13(14-8-10-16(22-5)11-9-14)19(26)23-18-12-17(15-6-7-15)25(24-18)20(27)28-21(2,3)4;1-3-18(24)20-11-13-4-6-14(7-5-13)12(2)19(25)21-17-10-16(22-23-17)15-8-9-15;1-10(12-4-2-11(9-17)3-5-12)16(21)18-15-8-14(19-20-15)13-6-7-13;1-11(2,3)16-10(15)14-8(7-4-5-7)6-9(12)13-14;1-7(10(12)13)8-3-5-9(11-2)6-4-8;1-2-3(4)5/h7-10,13-14,17H,6,11-12H2,1-5H3,(H,23,24,26);8-13,15H,6-7H2,1-4H3,(H,23,24,26);3-7,10,12,15H,1,8-9,11H2,2H3,(H,20,24)(H2,21,22,23,25);2-5,8,10,13H,6-7,9,17H2,1H3,(H2,18,19,20,21);6-7H,4-5H2,1-3H3,(H2,12,13);3-7H,1H3,(H,12,13);2H,1H2. The lowest BCUT2D eigenvalue weighted by Gasteiger charge is -2.19. The number of aromatic amines is 2. The van der Waals surface area contributed by atoms with Crippen molar-refractivity contribution in [2.75, 3.05) is 27.0 Å². The number of rotatable bonds is 25. The Morgan fingerprint density at radius 2 is 0.750 bits per heavy atom. The fourth-order valence-corrected chi connectivity index (χ4v) is 13.2. The number of hydrogen-bond acceptors (Lipinski definition) is 20. The van der Waals surface area contributed by atoms with Crippen molar-refractivity contribution in [1.29, 1.82) is 0 Å². The number of aliphatic carboxylic acids is 1. The van der Waals surface area contributed by atoms with Crippen LogP contribution in [0.15, 0.2) is 177 Å². The van der Waals surface area contributed by atoms with E-state index in [-0.39, 0.29) is 53.2 Å². The number of aromatic nitrogens is 10. The molecule has 0 bridgehead atoms. The smallest absolute Gasteiger partial charge is 0.435 e. The molecule has 0 aliphatic heterocycles. The number of allylic oxidation sites excluding steroid dienone is 1. The normalized spacial score (nSPS) is 14.6. The molecule has 33 nitrogen and oxygen atoms in total. The number of nitrogen functional groups attached to an aromatic ring is 1. The van der Waals surface area contributed by atoms with E-state index in [4.69, 9.17) is 55.5 Å². The summed E-state index contributed by atoms with van der Waals surface area (Å²) in [4.78, 5) is 125. The highest BCUT2D eigenvalue weighted by atomic mass is 35.5. The number of nitrogens with zero attached hydrogens (tertiary/aromatic N) is 10. The van der Waals surface area contributed by atoms with Crippen LogP contribution in [0.25, 0.3) is 9.69 Å². The van der Waals surface area contributed by atoms with Gasteiger partial charge in [-0.1, -0.05) is 141 Å². The maximum absolute atomic E-state index is 12.7. The molecule has 5 unspecified atom stereocenters. The van der Waals surface area contributed by atoms with Crippen molar-refractivity contribution in [2.45, 2.75) is 264 Å². The van der Waals surface area contributed by atoms with Crippen molar-refractivity contribution < 1.29 is 67.3 Å². The highest BCUT2D eigenvalue weighted by Gasteiger charge is 2.37. The zero-order valence-electron chi connectivity index (χ0n) is 79.7. The van der Waals surface area contributed by atoms with Gasteiger partial charge in [-0.25, -0.2) is 24.1 Å². The van der Waals surface area contributed by atoms with E-state index in [0.29, 0.717) is 77.2 Å². The third kappa shape index (κ3) is 33.3. The summed E-state index contributed by atoms with van der Waals surface area (Å²) in [5, 5.41) is 49.1. The van der Waals surface area contributed by atoms with E-state index in [9.17, 15) is 47.9 Å². The maximum atomic E-state index is 12.7. The average Bonchev–Trinajstić information content (AvgIpc) is 1.61. The monoisotopic (exact) mass is 1870 g/mol. The van der Waals surface area contributed by atoms with Crippen molar-refractivity contribution in [3.05, 3.63) is 273 Å². The molecular formula is C102H124ClN19O14. The van der Waals surface area contributed by atoms with Gasteiger partial charge in [-0.2, -0.15) is 24.2 Å². The summed E-state index contributed by atoms with van der Waals surface area (Å²) in [5.74, 6) is 1.06. The Kier molecular flexibility index (Phi) is 37.1. The quantitative estimate of drug-likeness (QED) is 0.0110. The number of carbonyl (C=O) groups excluding carboxylic acids is 9. The van der Waals surface area contributed by atoms with Gasteiger partial charge >= 0.3 is 24.2 Å². The van der Waals surface area contributed by atoms with Crippen LogP contribution < -0.4 is 38.1 Å². The third-order valence-electron chi connectivity index (χ3n) is 22.0. The summed E-state index contributed by atoms with van der Waals surface area (Å²) in [6.45, 7) is 48.6. The molecule has 12 N–H and O–H groups in total. The second kappa shape index (κ2) is 48.0. The van der Waals surface area contributed by atoms with Crippen molar-refractivity contribution in [1.82, 2.24) is 55.1 Å². The van der Waals surface area contributed by atoms with Crippen molar-refractivity contribution >= 4 is 111 Å². The van der Waals surface area contributed by atoms with Gasteiger partial charge in [-0.3, -0.25) is 43.8 Å². The lowest BCUT2D eigenvalue weighted by atomic mass is 9.98. The number of ether oxygens (including phenoxy) is 3. The van der Waals surface area contributed by atoms with Crippen molar-refractivity contribution in [2.24, 2.45) is 5.73 Å². The number of H-pyrrole nitrogens is 2. The lowest BCUT2D eigenvalue weighted by Crippen LogP contribution is -2.28. The summed E-state index contributed by atoms with van der Waals surface area (Å²) >= 11 is 4.71. The van der Waals surface area contributed by atoms with E-state index in [1.165, 1.54) is 51.4 Å². The van der Waals surface area contributed by atoms with Gasteiger partial charge in [-0.15, -0.1) is 15.3 Å². The molecule has 5 heterocycles. The summed E-state index contributed by atoms with van der Waals surface area (Å²) in [5.41, 5.74) is 22.8. The van der Waals surface area contributed by atoms with Crippen LogP contribution in [0.2, 0.25) is 0 Å². The van der Waals surface area contributed by atoms with E-state index in [2.05, 4.69) is 92.0 Å². The molecule has 5 fully saturated rings. The number of carbonyl (C=O) groups is 10. The van der Waals surface area contributed by atoms with Crippen LogP contribution in [0, 0.1) is 13.1 Å². The highest BCUT2D eigenvalue weighted by molar-refractivity contribution is 6.66. The lowest BCUT2D eigenvalue weighted by molar-refractivity contribution is -0.138. The second-order valence-corrected chi connectivity index (χ2v) is 37.3. The minimum Gasteiger partial charge on any atom is -0.481 e. The summed E-state index contributed by atoms with van der Waals surface area (Å²) in [7, 11) is 0. The van der Waals surface area contributed by atoms with Crippen molar-refractivity contribution in [3.8, 4) is 0 Å². The van der Waals surface area contributed by atoms with E-state index in [0.717, 1.165) is 118 Å². The molecule has 5 amide bonds. The van der Waals surface area contributed by atoms with E-state index >= 15 is 0 Å². The fraction of sp³-hybridized carbons (Fsp3) is 0.402. The minimum atomic E-state index is -0.851. The Bertz CT molecular complexity index is 5920. The van der Waals surface area contributed by atoms with Gasteiger partial charge in [0.05, 0.1) is 59.8 Å². The van der Waals surface area contributed by atoms with E-state index in [1.54, 1.807) is 101 Å². The molecule has 15 rings (SSSR count). The Hall–Kier alpha value is -14.4. The Morgan fingerprint density at radius 1 is 0.456 bits per heavy atom. The second-order valence-electron chi connectivity index (χ2n) is 36.9. The number of nitrogens with two attached hydrogens (primary N) is 2. The number of benzene rings is 5. The summed E-state index contributed by atoms with van der Waals surface area (Å²) < 4.78 is 20.0. The first-order valence-electron chi connectivity index (χ1n) is 45.3. The van der Waals surface area contributed by atoms with E-state index in [1.807, 2.05) is 147 Å². The molecule has 5 atom stereocenters. The Morgan fingerprint density at radius 3 is 1.04 bits per heavy atom. The molecule has 136 heavy (non-hydrogen) atoms. The molecular weight excluding hydrogens is 1750 g/mol. The van der Waals surface area contributed by atoms with Gasteiger partial charge in [0.2, 0.25) is 34.8 Å². The molecule has 5 saturated carbocycles. The number of hydrogen-bond donors (Lipinski definition) is 10. The molecule has 5 aromatic heterocycles. The van der Waals surface area contributed by atoms with Gasteiger partial charge in [-0.05, 0) is 236 Å². The topological polar surface area (TPSA) is 450 Å². The predicted molar refractivity (Wildman–Crippen MR) is 522 cm³/mol. The first-order chi connectivity index (χ1) is 64.4. The third-order valence-corrected chi connectivity index (χ3v) is 22.2. The van der Waals surface area contributed by atoms with Gasteiger partial charge in [0, 0.05) is 84.4 Å². The van der Waals surface area contributed by atoms with E-state index < -0.39 is 58.1 Å². The molecule has 0 radical (unpaired) electrons. The van der Waals surface area contributed by atoms with Crippen LogP contribution in [0.4, 0.5) is 54.8 Å². The molecule has 0 spiro atoms.